The Balaban J connectivity index is 1.99. The molecule has 1 fully saturated rings. The molecule has 0 radical (unpaired) electrons. The summed E-state index contributed by atoms with van der Waals surface area (Å²) in [7, 11) is 0. The van der Waals surface area contributed by atoms with Gasteiger partial charge in [-0.15, -0.1) is 0 Å². The van der Waals surface area contributed by atoms with Crippen molar-refractivity contribution in [2.24, 2.45) is 5.92 Å². The predicted molar refractivity (Wildman–Crippen MR) is 86.8 cm³/mol. The van der Waals surface area contributed by atoms with Crippen molar-refractivity contribution >= 4 is 0 Å². The molecule has 1 aromatic rings. The van der Waals surface area contributed by atoms with Gasteiger partial charge in [0.2, 0.25) is 0 Å². The van der Waals surface area contributed by atoms with Crippen LogP contribution < -0.4 is 4.74 Å². The van der Waals surface area contributed by atoms with Crippen LogP contribution >= 0.6 is 0 Å². The molecule has 1 aliphatic carbocycles. The lowest BCUT2D eigenvalue weighted by atomic mass is 9.74. The molecular weight excluding hydrogens is 282 g/mol. The fourth-order valence-electron chi connectivity index (χ4n) is 3.41. The molecule has 1 aliphatic rings. The van der Waals surface area contributed by atoms with E-state index in [1.807, 2.05) is 31.2 Å². The summed E-state index contributed by atoms with van der Waals surface area (Å²) in [4.78, 5) is 0. The van der Waals surface area contributed by atoms with Crippen LogP contribution in [-0.4, -0.2) is 12.5 Å². The van der Waals surface area contributed by atoms with Crippen molar-refractivity contribution in [1.82, 2.24) is 0 Å². The summed E-state index contributed by atoms with van der Waals surface area (Å²) in [6.07, 6.45) is 5.61. The molecule has 0 aromatic heterocycles. The molecule has 22 heavy (non-hydrogen) atoms. The largest absolute Gasteiger partial charge is 0.494 e. The number of unbranched alkanes of at least 4 members (excludes halogenated alkanes) is 1. The van der Waals surface area contributed by atoms with Crippen molar-refractivity contribution in [3.05, 3.63) is 29.8 Å². The van der Waals surface area contributed by atoms with Crippen LogP contribution in [0.2, 0.25) is 0 Å². The third-order valence-corrected chi connectivity index (χ3v) is 4.66. The lowest BCUT2D eigenvalue weighted by Gasteiger charge is -2.36. The Morgan fingerprint density at radius 3 is 2.41 bits per heavy atom. The molecule has 1 aromatic carbocycles. The zero-order chi connectivity index (χ0) is 16.0. The van der Waals surface area contributed by atoms with Gasteiger partial charge in [-0.2, -0.15) is 0 Å². The lowest BCUT2D eigenvalue weighted by molar-refractivity contribution is -0.0737. The van der Waals surface area contributed by atoms with Crippen LogP contribution in [0, 0.1) is 5.92 Å². The quantitative estimate of drug-likeness (QED) is 0.584. The maximum absolute atomic E-state index is 14.5. The number of alkyl halides is 2. The van der Waals surface area contributed by atoms with Gasteiger partial charge in [-0.05, 0) is 42.9 Å². The predicted octanol–water partition coefficient (Wildman–Crippen LogP) is 6.18. The number of benzene rings is 1. The number of rotatable bonds is 7. The highest BCUT2D eigenvalue weighted by Crippen LogP contribution is 2.48. The van der Waals surface area contributed by atoms with E-state index < -0.39 is 11.8 Å². The van der Waals surface area contributed by atoms with E-state index in [9.17, 15) is 8.78 Å². The van der Waals surface area contributed by atoms with Crippen molar-refractivity contribution in [2.45, 2.75) is 70.6 Å². The van der Waals surface area contributed by atoms with E-state index in [1.165, 1.54) is 0 Å². The van der Waals surface area contributed by atoms with Crippen molar-refractivity contribution in [1.29, 1.82) is 0 Å². The van der Waals surface area contributed by atoms with Gasteiger partial charge in [0.1, 0.15) is 5.75 Å². The van der Waals surface area contributed by atoms with Gasteiger partial charge >= 0.3 is 0 Å². The zero-order valence-electron chi connectivity index (χ0n) is 13.8. The minimum atomic E-state index is -2.58. The van der Waals surface area contributed by atoms with Gasteiger partial charge in [-0.1, -0.05) is 45.2 Å². The van der Waals surface area contributed by atoms with E-state index in [-0.39, 0.29) is 12.3 Å². The van der Waals surface area contributed by atoms with Gasteiger partial charge in [0, 0.05) is 12.3 Å². The molecule has 0 heterocycles. The van der Waals surface area contributed by atoms with Gasteiger partial charge in [-0.3, -0.25) is 0 Å². The van der Waals surface area contributed by atoms with Crippen LogP contribution in [0.1, 0.15) is 70.3 Å². The molecule has 1 saturated carbocycles. The molecule has 2 rings (SSSR count). The number of halogens is 2. The molecular formula is C19H28F2O. The monoisotopic (exact) mass is 310 g/mol. The van der Waals surface area contributed by atoms with Crippen molar-refractivity contribution in [3.63, 3.8) is 0 Å². The average Bonchev–Trinajstić information content (AvgIpc) is 2.51. The van der Waals surface area contributed by atoms with Crippen LogP contribution in [0.25, 0.3) is 0 Å². The summed E-state index contributed by atoms with van der Waals surface area (Å²) < 4.78 is 34.5. The van der Waals surface area contributed by atoms with E-state index in [0.717, 1.165) is 43.4 Å². The maximum Gasteiger partial charge on any atom is 0.255 e. The Morgan fingerprint density at radius 2 is 1.82 bits per heavy atom. The summed E-state index contributed by atoms with van der Waals surface area (Å²) in [5.74, 6) is -2.25. The van der Waals surface area contributed by atoms with E-state index in [0.29, 0.717) is 13.0 Å². The van der Waals surface area contributed by atoms with Gasteiger partial charge < -0.3 is 4.74 Å². The smallest absolute Gasteiger partial charge is 0.255 e. The van der Waals surface area contributed by atoms with Gasteiger partial charge in [0.15, 0.2) is 0 Å². The first-order chi connectivity index (χ1) is 10.6. The van der Waals surface area contributed by atoms with Crippen LogP contribution in [0.3, 0.4) is 0 Å². The lowest BCUT2D eigenvalue weighted by Crippen LogP contribution is -2.34. The number of hydrogen-bond donors (Lipinski definition) is 0. The number of ether oxygens (including phenoxy) is 1. The van der Waals surface area contributed by atoms with E-state index in [4.69, 9.17) is 4.74 Å². The van der Waals surface area contributed by atoms with Crippen LogP contribution in [0.15, 0.2) is 24.3 Å². The van der Waals surface area contributed by atoms with Crippen molar-refractivity contribution in [3.8, 4) is 5.75 Å². The number of hydrogen-bond acceptors (Lipinski definition) is 1. The first kappa shape index (κ1) is 17.2. The Bertz CT molecular complexity index is 441. The first-order valence-electron chi connectivity index (χ1n) is 8.67. The van der Waals surface area contributed by atoms with E-state index in [1.54, 1.807) is 0 Å². The molecule has 0 spiro atoms. The van der Waals surface area contributed by atoms with E-state index in [2.05, 4.69) is 6.92 Å². The summed E-state index contributed by atoms with van der Waals surface area (Å²) >= 11 is 0. The third-order valence-electron chi connectivity index (χ3n) is 4.66. The molecule has 3 heteroatoms. The second kappa shape index (κ2) is 7.94. The minimum absolute atomic E-state index is 0.0474. The first-order valence-corrected chi connectivity index (χ1v) is 8.67. The third kappa shape index (κ3) is 4.44. The second-order valence-corrected chi connectivity index (χ2v) is 6.52. The average molecular weight is 310 g/mol. The standard InChI is InChI=1S/C19H28F2O/c1-3-5-6-15-7-12-18(19(20,21)14-15)16-8-10-17(11-9-16)22-13-4-2/h8-11,15,18H,3-7,12-14H2,1-2H3. The molecule has 2 atom stereocenters. The molecule has 0 bridgehead atoms. The van der Waals surface area contributed by atoms with Crippen molar-refractivity contribution in [2.75, 3.05) is 6.61 Å². The molecule has 0 N–H and O–H groups in total. The summed E-state index contributed by atoms with van der Waals surface area (Å²) in [5, 5.41) is 0. The summed E-state index contributed by atoms with van der Waals surface area (Å²) in [6, 6.07) is 7.28. The minimum Gasteiger partial charge on any atom is -0.494 e. The van der Waals surface area contributed by atoms with E-state index >= 15 is 0 Å². The highest BCUT2D eigenvalue weighted by Gasteiger charge is 2.45. The summed E-state index contributed by atoms with van der Waals surface area (Å²) in [5.41, 5.74) is 0.753. The fourth-order valence-corrected chi connectivity index (χ4v) is 3.41. The van der Waals surface area contributed by atoms with Gasteiger partial charge in [-0.25, -0.2) is 8.78 Å². The second-order valence-electron chi connectivity index (χ2n) is 6.52. The molecule has 0 saturated heterocycles. The highest BCUT2D eigenvalue weighted by molar-refractivity contribution is 5.31. The van der Waals surface area contributed by atoms with Crippen LogP contribution in [0.5, 0.6) is 5.75 Å². The highest BCUT2D eigenvalue weighted by atomic mass is 19.3. The van der Waals surface area contributed by atoms with Crippen molar-refractivity contribution < 1.29 is 13.5 Å². The van der Waals surface area contributed by atoms with Gasteiger partial charge in [0.25, 0.3) is 5.92 Å². The molecule has 0 amide bonds. The molecule has 124 valence electrons. The van der Waals surface area contributed by atoms with Gasteiger partial charge in [0.05, 0.1) is 6.61 Å². The normalized spacial score (nSPS) is 24.2. The Hall–Kier alpha value is -1.12. The Labute approximate surface area is 133 Å². The Morgan fingerprint density at radius 1 is 1.09 bits per heavy atom. The SMILES string of the molecule is CCCCC1CCC(c2ccc(OCCC)cc2)C(F)(F)C1. The topological polar surface area (TPSA) is 9.23 Å². The van der Waals surface area contributed by atoms with Crippen LogP contribution in [-0.2, 0) is 0 Å². The maximum atomic E-state index is 14.5. The Kier molecular flexibility index (Phi) is 6.22. The zero-order valence-corrected chi connectivity index (χ0v) is 13.8. The fraction of sp³-hybridized carbons (Fsp3) is 0.684. The molecule has 0 aliphatic heterocycles. The summed E-state index contributed by atoms with van der Waals surface area (Å²) in [6.45, 7) is 4.83. The van der Waals surface area contributed by atoms with Crippen LogP contribution in [0.4, 0.5) is 8.78 Å². The molecule has 2 unspecified atom stereocenters. The molecule has 1 nitrogen and oxygen atoms in total.